The summed E-state index contributed by atoms with van der Waals surface area (Å²) in [7, 11) is 0. The van der Waals surface area contributed by atoms with Crippen molar-refractivity contribution in [1.82, 2.24) is 0 Å². The summed E-state index contributed by atoms with van der Waals surface area (Å²) in [5, 5.41) is 0. The molecule has 0 amide bonds. The van der Waals surface area contributed by atoms with Crippen LogP contribution < -0.4 is 0 Å². The number of nitrogens with zero attached hydrogens (tertiary/aromatic N) is 1. The van der Waals surface area contributed by atoms with Gasteiger partial charge in [0.05, 0.1) is 0 Å². The molecule has 0 spiro atoms. The van der Waals surface area contributed by atoms with Gasteiger partial charge in [0, 0.05) is 23.1 Å². The maximum absolute atomic E-state index is 12.9. The topological polar surface area (TPSA) is 12.4 Å². The van der Waals surface area contributed by atoms with Crippen LogP contribution in [0.15, 0.2) is 57.8 Å². The van der Waals surface area contributed by atoms with E-state index in [1.165, 1.54) is 29.6 Å². The third kappa shape index (κ3) is 3.43. The Balaban J connectivity index is 2.06. The van der Waals surface area contributed by atoms with Gasteiger partial charge >= 0.3 is 0 Å². The number of hydrogen-bond acceptors (Lipinski definition) is 2. The first-order chi connectivity index (χ1) is 8.25. The first kappa shape index (κ1) is 11.9. The molecule has 0 N–H and O–H groups in total. The molecule has 17 heavy (non-hydrogen) atoms. The quantitative estimate of drug-likeness (QED) is 0.581. The van der Waals surface area contributed by atoms with E-state index < -0.39 is 0 Å². The zero-order chi connectivity index (χ0) is 12.1. The van der Waals surface area contributed by atoms with Crippen LogP contribution in [0, 0.1) is 12.7 Å². The van der Waals surface area contributed by atoms with Crippen LogP contribution in [0.2, 0.25) is 0 Å². The Labute approximate surface area is 105 Å². The smallest absolute Gasteiger partial charge is 0.123 e. The van der Waals surface area contributed by atoms with Crippen molar-refractivity contribution in [2.45, 2.75) is 11.8 Å². The third-order valence-corrected chi connectivity index (χ3v) is 3.16. The summed E-state index contributed by atoms with van der Waals surface area (Å²) in [6.07, 6.45) is 1.67. The molecular weight excluding hydrogens is 233 g/mol. The van der Waals surface area contributed by atoms with Crippen LogP contribution in [0.25, 0.3) is 0 Å². The molecule has 86 valence electrons. The SMILES string of the molecule is Cc1ccccc1SN=Cc1cccc(F)c1. The molecule has 2 aromatic rings. The molecule has 0 bridgehead atoms. The molecule has 0 unspecified atom stereocenters. The van der Waals surface area contributed by atoms with Crippen molar-refractivity contribution < 1.29 is 4.39 Å². The monoisotopic (exact) mass is 245 g/mol. The highest BCUT2D eigenvalue weighted by Crippen LogP contribution is 2.22. The fourth-order valence-corrected chi connectivity index (χ4v) is 2.03. The van der Waals surface area contributed by atoms with Gasteiger partial charge in [-0.2, -0.15) is 0 Å². The Morgan fingerprint density at radius 1 is 1.12 bits per heavy atom. The van der Waals surface area contributed by atoms with Gasteiger partial charge in [0.25, 0.3) is 0 Å². The maximum atomic E-state index is 12.9. The average Bonchev–Trinajstić information content (AvgIpc) is 2.32. The lowest BCUT2D eigenvalue weighted by molar-refractivity contribution is 0.627. The van der Waals surface area contributed by atoms with E-state index in [0.29, 0.717) is 0 Å². The highest BCUT2D eigenvalue weighted by Gasteiger charge is 1.95. The third-order valence-electron chi connectivity index (χ3n) is 2.30. The van der Waals surface area contributed by atoms with Crippen LogP contribution in [0.4, 0.5) is 4.39 Å². The predicted octanol–water partition coefficient (Wildman–Crippen LogP) is 4.26. The minimum Gasteiger partial charge on any atom is -0.219 e. The molecule has 1 nitrogen and oxygen atoms in total. The van der Waals surface area contributed by atoms with Gasteiger partial charge in [0.1, 0.15) is 5.82 Å². The molecule has 0 aliphatic carbocycles. The van der Waals surface area contributed by atoms with Crippen molar-refractivity contribution in [2.75, 3.05) is 0 Å². The lowest BCUT2D eigenvalue weighted by Crippen LogP contribution is -1.82. The number of hydrogen-bond donors (Lipinski definition) is 0. The van der Waals surface area contributed by atoms with Crippen LogP contribution >= 0.6 is 11.9 Å². The molecule has 0 heterocycles. The normalized spacial score (nSPS) is 10.9. The molecule has 0 radical (unpaired) electrons. The van der Waals surface area contributed by atoms with Crippen molar-refractivity contribution in [1.29, 1.82) is 0 Å². The van der Waals surface area contributed by atoms with E-state index in [9.17, 15) is 4.39 Å². The van der Waals surface area contributed by atoms with Gasteiger partial charge in [-0.05, 0) is 36.2 Å². The van der Waals surface area contributed by atoms with Gasteiger partial charge in [-0.1, -0.05) is 30.3 Å². The summed E-state index contributed by atoms with van der Waals surface area (Å²) in [6.45, 7) is 2.04. The van der Waals surface area contributed by atoms with Crippen LogP contribution in [0.3, 0.4) is 0 Å². The second-order valence-corrected chi connectivity index (χ2v) is 4.48. The van der Waals surface area contributed by atoms with E-state index in [2.05, 4.69) is 4.40 Å². The fourth-order valence-electron chi connectivity index (χ4n) is 1.39. The van der Waals surface area contributed by atoms with Crippen molar-refractivity contribution in [2.24, 2.45) is 4.40 Å². The number of benzene rings is 2. The Bertz CT molecular complexity index is 537. The summed E-state index contributed by atoms with van der Waals surface area (Å²) >= 11 is 1.39. The molecule has 2 rings (SSSR count). The lowest BCUT2D eigenvalue weighted by atomic mass is 10.2. The maximum Gasteiger partial charge on any atom is 0.123 e. The molecule has 0 saturated carbocycles. The van der Waals surface area contributed by atoms with E-state index in [4.69, 9.17) is 0 Å². The van der Waals surface area contributed by atoms with Gasteiger partial charge in [-0.3, -0.25) is 0 Å². The van der Waals surface area contributed by atoms with Gasteiger partial charge in [-0.25, -0.2) is 8.79 Å². The molecule has 3 heteroatoms. The second kappa shape index (κ2) is 5.64. The van der Waals surface area contributed by atoms with Crippen molar-refractivity contribution in [3.63, 3.8) is 0 Å². The number of aryl methyl sites for hydroxylation is 1. The summed E-state index contributed by atoms with van der Waals surface area (Å²) in [5.41, 5.74) is 1.96. The van der Waals surface area contributed by atoms with Crippen LogP contribution in [-0.2, 0) is 0 Å². The van der Waals surface area contributed by atoms with E-state index in [0.717, 1.165) is 10.5 Å². The Hall–Kier alpha value is -1.61. The first-order valence-electron chi connectivity index (χ1n) is 5.27. The molecular formula is C14H12FNS. The predicted molar refractivity (Wildman–Crippen MR) is 71.0 cm³/mol. The molecule has 0 fully saturated rings. The van der Waals surface area contributed by atoms with E-state index in [1.54, 1.807) is 12.3 Å². The van der Waals surface area contributed by atoms with Gasteiger partial charge in [0.15, 0.2) is 0 Å². The molecule has 0 aliphatic heterocycles. The largest absolute Gasteiger partial charge is 0.219 e. The van der Waals surface area contributed by atoms with Crippen molar-refractivity contribution >= 4 is 18.2 Å². The Morgan fingerprint density at radius 3 is 2.71 bits per heavy atom. The molecule has 0 saturated heterocycles. The average molecular weight is 245 g/mol. The summed E-state index contributed by atoms with van der Waals surface area (Å²) < 4.78 is 17.2. The summed E-state index contributed by atoms with van der Waals surface area (Å²) in [4.78, 5) is 1.11. The molecule has 2 aromatic carbocycles. The molecule has 0 atom stereocenters. The van der Waals surface area contributed by atoms with E-state index in [-0.39, 0.29) is 5.82 Å². The Kier molecular flexibility index (Phi) is 3.94. The molecule has 0 aromatic heterocycles. The number of rotatable bonds is 3. The zero-order valence-corrected chi connectivity index (χ0v) is 10.2. The minimum atomic E-state index is -0.241. The van der Waals surface area contributed by atoms with Crippen LogP contribution in [0.1, 0.15) is 11.1 Å². The highest BCUT2D eigenvalue weighted by atomic mass is 32.2. The minimum absolute atomic E-state index is 0.241. The number of halogens is 1. The fraction of sp³-hybridized carbons (Fsp3) is 0.0714. The standard InChI is InChI=1S/C14H12FNS/c1-11-5-2-3-8-14(11)17-16-10-12-6-4-7-13(15)9-12/h2-10H,1H3. The molecule has 0 aliphatic rings. The van der Waals surface area contributed by atoms with Crippen molar-refractivity contribution in [3.8, 4) is 0 Å². The summed E-state index contributed by atoms with van der Waals surface area (Å²) in [6, 6.07) is 14.4. The van der Waals surface area contributed by atoms with Gasteiger partial charge < -0.3 is 0 Å². The van der Waals surface area contributed by atoms with E-state index >= 15 is 0 Å². The first-order valence-corrected chi connectivity index (χ1v) is 6.04. The Morgan fingerprint density at radius 2 is 1.94 bits per heavy atom. The van der Waals surface area contributed by atoms with Crippen LogP contribution in [0.5, 0.6) is 0 Å². The summed E-state index contributed by atoms with van der Waals surface area (Å²) in [5.74, 6) is -0.241. The zero-order valence-electron chi connectivity index (χ0n) is 9.43. The van der Waals surface area contributed by atoms with Crippen molar-refractivity contribution in [3.05, 3.63) is 65.5 Å². The second-order valence-electron chi connectivity index (χ2n) is 3.65. The highest BCUT2D eigenvalue weighted by molar-refractivity contribution is 7.98. The van der Waals surface area contributed by atoms with E-state index in [1.807, 2.05) is 37.3 Å². The van der Waals surface area contributed by atoms with Gasteiger partial charge in [-0.15, -0.1) is 0 Å². The lowest BCUT2D eigenvalue weighted by Gasteiger charge is -1.99. The van der Waals surface area contributed by atoms with Crippen LogP contribution in [-0.4, -0.2) is 6.21 Å². The van der Waals surface area contributed by atoms with Gasteiger partial charge in [0.2, 0.25) is 0 Å².